The molecule has 0 atom stereocenters. The van der Waals surface area contributed by atoms with Gasteiger partial charge in [0.25, 0.3) is 0 Å². The van der Waals surface area contributed by atoms with Gasteiger partial charge in [0.1, 0.15) is 6.61 Å². The molecule has 0 unspecified atom stereocenters. The number of phenolic OH excluding ortho intramolecular Hbond substituents is 1. The smallest absolute Gasteiger partial charge is 0.306 e. The van der Waals surface area contributed by atoms with Crippen molar-refractivity contribution in [1.82, 2.24) is 0 Å². The zero-order valence-electron chi connectivity index (χ0n) is 16.2. The van der Waals surface area contributed by atoms with Gasteiger partial charge in [-0.25, -0.2) is 0 Å². The van der Waals surface area contributed by atoms with Crippen molar-refractivity contribution < 1.29 is 19.4 Å². The number of carbonyl (C=O) groups is 1. The van der Waals surface area contributed by atoms with Gasteiger partial charge < -0.3 is 14.6 Å². The molecule has 0 bridgehead atoms. The molecule has 4 heteroatoms. The largest absolute Gasteiger partial charge is 0.504 e. The van der Waals surface area contributed by atoms with Crippen LogP contribution in [0.1, 0.15) is 57.9 Å². The molecular weight excluding hydrogens is 328 g/mol. The van der Waals surface area contributed by atoms with E-state index < -0.39 is 0 Å². The van der Waals surface area contributed by atoms with Crippen molar-refractivity contribution in [2.75, 3.05) is 13.7 Å². The summed E-state index contributed by atoms with van der Waals surface area (Å²) in [4.78, 5) is 11.7. The van der Waals surface area contributed by atoms with Crippen molar-refractivity contribution in [1.29, 1.82) is 0 Å². The fourth-order valence-electron chi connectivity index (χ4n) is 2.45. The lowest BCUT2D eigenvalue weighted by molar-refractivity contribution is -0.142. The van der Waals surface area contributed by atoms with E-state index in [0.29, 0.717) is 18.1 Å². The first-order valence-corrected chi connectivity index (χ1v) is 9.38. The summed E-state index contributed by atoms with van der Waals surface area (Å²) in [5.74, 6) is 0.989. The molecule has 1 N–H and O–H groups in total. The maximum Gasteiger partial charge on any atom is 0.306 e. The highest BCUT2D eigenvalue weighted by atomic mass is 16.5. The van der Waals surface area contributed by atoms with Crippen LogP contribution in [0.15, 0.2) is 36.4 Å². The second kappa shape index (κ2) is 13.0. The van der Waals surface area contributed by atoms with E-state index in [2.05, 4.69) is 26.0 Å². The van der Waals surface area contributed by atoms with Crippen LogP contribution in [-0.2, 0) is 9.53 Å². The molecule has 0 aliphatic rings. The molecule has 0 heterocycles. The van der Waals surface area contributed by atoms with Gasteiger partial charge in [0.15, 0.2) is 11.5 Å². The average Bonchev–Trinajstić information content (AvgIpc) is 2.62. The third-order valence-electron chi connectivity index (χ3n) is 3.88. The fourth-order valence-corrected chi connectivity index (χ4v) is 2.45. The minimum Gasteiger partial charge on any atom is -0.504 e. The number of esters is 1. The Morgan fingerprint density at radius 3 is 2.65 bits per heavy atom. The van der Waals surface area contributed by atoms with Crippen molar-refractivity contribution in [2.24, 2.45) is 5.92 Å². The topological polar surface area (TPSA) is 55.8 Å². The number of phenols is 1. The van der Waals surface area contributed by atoms with Crippen molar-refractivity contribution in [3.63, 3.8) is 0 Å². The molecular formula is C22H32O4. The number of allylic oxidation sites excluding steroid dienone is 2. The Morgan fingerprint density at radius 2 is 1.92 bits per heavy atom. The lowest BCUT2D eigenvalue weighted by Crippen LogP contribution is -2.03. The van der Waals surface area contributed by atoms with E-state index in [1.54, 1.807) is 24.3 Å². The summed E-state index contributed by atoms with van der Waals surface area (Å²) in [6, 6.07) is 5.07. The molecule has 0 spiro atoms. The van der Waals surface area contributed by atoms with Gasteiger partial charge in [-0.2, -0.15) is 0 Å². The molecule has 1 aromatic carbocycles. The summed E-state index contributed by atoms with van der Waals surface area (Å²) < 4.78 is 10.3. The van der Waals surface area contributed by atoms with Gasteiger partial charge in [-0.15, -0.1) is 0 Å². The van der Waals surface area contributed by atoms with Gasteiger partial charge in [-0.3, -0.25) is 4.79 Å². The van der Waals surface area contributed by atoms with Gasteiger partial charge in [0.05, 0.1) is 7.11 Å². The molecule has 0 radical (unpaired) electrons. The molecule has 0 fully saturated rings. The Balaban J connectivity index is 2.11. The molecule has 0 aromatic heterocycles. The number of aromatic hydroxyl groups is 1. The number of hydrogen-bond acceptors (Lipinski definition) is 4. The minimum absolute atomic E-state index is 0.104. The van der Waals surface area contributed by atoms with E-state index in [1.807, 2.05) is 6.08 Å². The molecule has 0 amide bonds. The first kappa shape index (κ1) is 21.8. The fraction of sp³-hybridized carbons (Fsp3) is 0.500. The number of ether oxygens (including phenoxy) is 2. The van der Waals surface area contributed by atoms with E-state index in [4.69, 9.17) is 9.47 Å². The van der Waals surface area contributed by atoms with Crippen LogP contribution in [0.5, 0.6) is 11.5 Å². The van der Waals surface area contributed by atoms with Crippen LogP contribution in [0, 0.1) is 5.92 Å². The van der Waals surface area contributed by atoms with Crippen LogP contribution in [0.2, 0.25) is 0 Å². The zero-order chi connectivity index (χ0) is 19.2. The number of hydrogen-bond donors (Lipinski definition) is 1. The van der Waals surface area contributed by atoms with Crippen LogP contribution in [0.25, 0.3) is 6.08 Å². The van der Waals surface area contributed by atoms with Gasteiger partial charge in [-0.1, -0.05) is 51.0 Å². The monoisotopic (exact) mass is 360 g/mol. The van der Waals surface area contributed by atoms with Crippen molar-refractivity contribution >= 4 is 12.0 Å². The van der Waals surface area contributed by atoms with Crippen LogP contribution < -0.4 is 4.74 Å². The van der Waals surface area contributed by atoms with Gasteiger partial charge in [0.2, 0.25) is 0 Å². The molecule has 4 nitrogen and oxygen atoms in total. The Kier molecular flexibility index (Phi) is 10.9. The summed E-state index contributed by atoms with van der Waals surface area (Å²) >= 11 is 0. The standard InChI is InChI=1S/C22H32O4/c1-18(2)11-8-6-4-5-7-9-13-22(24)26-16-10-12-19-14-15-20(23)21(17-19)25-3/h8,10-12,14-15,17-18,23H,4-7,9,13,16H2,1-3H3/b11-8+,12-10+. The summed E-state index contributed by atoms with van der Waals surface area (Å²) in [6.07, 6.45) is 14.0. The predicted molar refractivity (Wildman–Crippen MR) is 106 cm³/mol. The first-order valence-electron chi connectivity index (χ1n) is 9.38. The van der Waals surface area contributed by atoms with E-state index in [9.17, 15) is 9.90 Å². The van der Waals surface area contributed by atoms with Gasteiger partial charge >= 0.3 is 5.97 Å². The van der Waals surface area contributed by atoms with Gasteiger partial charge in [0, 0.05) is 6.42 Å². The first-order chi connectivity index (χ1) is 12.5. The molecule has 1 rings (SSSR count). The Bertz CT molecular complexity index is 588. The third kappa shape index (κ3) is 9.92. The van der Waals surface area contributed by atoms with Gasteiger partial charge in [-0.05, 0) is 49.0 Å². The maximum atomic E-state index is 11.7. The van der Waals surface area contributed by atoms with E-state index in [0.717, 1.165) is 31.2 Å². The van der Waals surface area contributed by atoms with Crippen LogP contribution in [0.4, 0.5) is 0 Å². The van der Waals surface area contributed by atoms with Crippen LogP contribution in [-0.4, -0.2) is 24.8 Å². The second-order valence-corrected chi connectivity index (χ2v) is 6.64. The Hall–Kier alpha value is -2.23. The third-order valence-corrected chi connectivity index (χ3v) is 3.88. The summed E-state index contributed by atoms with van der Waals surface area (Å²) in [7, 11) is 1.51. The molecule has 0 saturated heterocycles. The maximum absolute atomic E-state index is 11.7. The minimum atomic E-state index is -0.155. The number of unbranched alkanes of at least 4 members (excludes halogenated alkanes) is 4. The van der Waals surface area contributed by atoms with Crippen molar-refractivity contribution in [2.45, 2.75) is 52.4 Å². The molecule has 0 aliphatic carbocycles. The summed E-state index contributed by atoms with van der Waals surface area (Å²) in [6.45, 7) is 4.61. The molecule has 0 aliphatic heterocycles. The number of rotatable bonds is 12. The highest BCUT2D eigenvalue weighted by Crippen LogP contribution is 2.26. The highest BCUT2D eigenvalue weighted by molar-refractivity contribution is 5.69. The summed E-state index contributed by atoms with van der Waals surface area (Å²) in [5.41, 5.74) is 0.877. The quantitative estimate of drug-likeness (QED) is 0.303. The molecule has 1 aromatic rings. The number of benzene rings is 1. The SMILES string of the molecule is COc1cc(/C=C/COC(=O)CCCCCC/C=C/C(C)C)ccc1O. The van der Waals surface area contributed by atoms with Crippen LogP contribution in [0.3, 0.4) is 0 Å². The molecule has 144 valence electrons. The predicted octanol–water partition coefficient (Wildman–Crippen LogP) is 5.51. The lowest BCUT2D eigenvalue weighted by Gasteiger charge is -2.04. The Morgan fingerprint density at radius 1 is 1.15 bits per heavy atom. The van der Waals surface area contributed by atoms with E-state index in [-0.39, 0.29) is 18.3 Å². The van der Waals surface area contributed by atoms with Crippen molar-refractivity contribution in [3.05, 3.63) is 42.0 Å². The van der Waals surface area contributed by atoms with Crippen molar-refractivity contribution in [3.8, 4) is 11.5 Å². The number of methoxy groups -OCH3 is 1. The van der Waals surface area contributed by atoms with E-state index >= 15 is 0 Å². The normalized spacial score (nSPS) is 11.5. The highest BCUT2D eigenvalue weighted by Gasteiger charge is 2.02. The molecule has 26 heavy (non-hydrogen) atoms. The lowest BCUT2D eigenvalue weighted by atomic mass is 10.1. The molecule has 0 saturated carbocycles. The number of carbonyl (C=O) groups excluding carboxylic acids is 1. The zero-order valence-corrected chi connectivity index (χ0v) is 16.2. The van der Waals surface area contributed by atoms with E-state index in [1.165, 1.54) is 13.5 Å². The van der Waals surface area contributed by atoms with Crippen LogP contribution >= 0.6 is 0 Å². The second-order valence-electron chi connectivity index (χ2n) is 6.64. The summed E-state index contributed by atoms with van der Waals surface area (Å²) in [5, 5.41) is 9.54. The Labute approximate surface area is 157 Å². The average molecular weight is 360 g/mol.